The molecular formula is C12H10F3N3O2. The first-order chi connectivity index (χ1) is 9.40. The maximum Gasteiger partial charge on any atom is 0.433 e. The number of aliphatic hydroxyl groups excluding tert-OH is 1. The van der Waals surface area contributed by atoms with Crippen LogP contribution in [0.25, 0.3) is 0 Å². The van der Waals surface area contributed by atoms with E-state index in [4.69, 9.17) is 15.6 Å². The Hall–Kier alpha value is -2.35. The van der Waals surface area contributed by atoms with Crippen molar-refractivity contribution in [3.05, 3.63) is 41.6 Å². The first-order valence-corrected chi connectivity index (χ1v) is 5.48. The Labute approximate surface area is 111 Å². The number of nitrogen functional groups attached to an aromatic ring is 1. The van der Waals surface area contributed by atoms with Gasteiger partial charge in [0, 0.05) is 11.6 Å². The van der Waals surface area contributed by atoms with Crippen LogP contribution in [0.5, 0.6) is 11.6 Å². The second-order valence-corrected chi connectivity index (χ2v) is 3.82. The van der Waals surface area contributed by atoms with Crippen LogP contribution < -0.4 is 10.5 Å². The number of halogens is 3. The number of benzene rings is 1. The van der Waals surface area contributed by atoms with E-state index in [1.165, 1.54) is 6.07 Å². The van der Waals surface area contributed by atoms with Crippen molar-refractivity contribution in [3.8, 4) is 11.6 Å². The predicted molar refractivity (Wildman–Crippen MR) is 63.9 cm³/mol. The van der Waals surface area contributed by atoms with E-state index >= 15 is 0 Å². The molecule has 0 saturated carbocycles. The van der Waals surface area contributed by atoms with Crippen molar-refractivity contribution in [1.29, 1.82) is 0 Å². The van der Waals surface area contributed by atoms with Crippen molar-refractivity contribution < 1.29 is 23.0 Å². The van der Waals surface area contributed by atoms with Crippen LogP contribution in [0.2, 0.25) is 0 Å². The van der Waals surface area contributed by atoms with Crippen molar-refractivity contribution in [2.24, 2.45) is 0 Å². The highest BCUT2D eigenvalue weighted by molar-refractivity contribution is 5.37. The molecule has 0 aliphatic rings. The van der Waals surface area contributed by atoms with Gasteiger partial charge in [-0.1, -0.05) is 18.2 Å². The van der Waals surface area contributed by atoms with Gasteiger partial charge in [0.1, 0.15) is 5.75 Å². The third-order valence-corrected chi connectivity index (χ3v) is 2.37. The summed E-state index contributed by atoms with van der Waals surface area (Å²) in [5.41, 5.74) is 4.45. The van der Waals surface area contributed by atoms with Gasteiger partial charge in [0.05, 0.1) is 6.61 Å². The molecule has 20 heavy (non-hydrogen) atoms. The molecule has 0 fully saturated rings. The molecule has 5 nitrogen and oxygen atoms in total. The summed E-state index contributed by atoms with van der Waals surface area (Å²) >= 11 is 0. The SMILES string of the molecule is Nc1nc(Oc2ccccc2CO)cc(C(F)(F)F)n1. The highest BCUT2D eigenvalue weighted by Crippen LogP contribution is 2.31. The van der Waals surface area contributed by atoms with Crippen LogP contribution in [0.1, 0.15) is 11.3 Å². The third kappa shape index (κ3) is 3.15. The van der Waals surface area contributed by atoms with Gasteiger partial charge in [-0.25, -0.2) is 4.98 Å². The van der Waals surface area contributed by atoms with Crippen LogP contribution in [-0.2, 0) is 12.8 Å². The molecule has 0 aliphatic heterocycles. The highest BCUT2D eigenvalue weighted by atomic mass is 19.4. The fraction of sp³-hybridized carbons (Fsp3) is 0.167. The zero-order chi connectivity index (χ0) is 14.8. The molecular weight excluding hydrogens is 275 g/mol. The average molecular weight is 285 g/mol. The largest absolute Gasteiger partial charge is 0.438 e. The van der Waals surface area contributed by atoms with E-state index in [9.17, 15) is 13.2 Å². The van der Waals surface area contributed by atoms with E-state index in [1.54, 1.807) is 18.2 Å². The minimum absolute atomic E-state index is 0.196. The van der Waals surface area contributed by atoms with E-state index in [0.29, 0.717) is 11.6 Å². The van der Waals surface area contributed by atoms with Crippen LogP contribution in [0.3, 0.4) is 0 Å². The molecule has 0 unspecified atom stereocenters. The summed E-state index contributed by atoms with van der Waals surface area (Å²) in [4.78, 5) is 6.68. The van der Waals surface area contributed by atoms with E-state index in [-0.39, 0.29) is 18.2 Å². The van der Waals surface area contributed by atoms with E-state index in [2.05, 4.69) is 9.97 Å². The summed E-state index contributed by atoms with van der Waals surface area (Å²) in [5, 5.41) is 9.12. The van der Waals surface area contributed by atoms with Crippen molar-refractivity contribution >= 4 is 5.95 Å². The molecule has 106 valence electrons. The Morgan fingerprint density at radius 2 is 1.90 bits per heavy atom. The second-order valence-electron chi connectivity index (χ2n) is 3.82. The van der Waals surface area contributed by atoms with Crippen molar-refractivity contribution in [3.63, 3.8) is 0 Å². The number of nitrogens with zero attached hydrogens (tertiary/aromatic N) is 2. The summed E-state index contributed by atoms with van der Waals surface area (Å²) in [6.45, 7) is -0.317. The van der Waals surface area contributed by atoms with Gasteiger partial charge in [-0.3, -0.25) is 0 Å². The lowest BCUT2D eigenvalue weighted by Crippen LogP contribution is -2.11. The summed E-state index contributed by atoms with van der Waals surface area (Å²) in [5.74, 6) is -0.691. The second kappa shape index (κ2) is 5.33. The summed E-state index contributed by atoms with van der Waals surface area (Å²) in [7, 11) is 0. The van der Waals surface area contributed by atoms with Crippen molar-refractivity contribution in [2.75, 3.05) is 5.73 Å². The standard InChI is InChI=1S/C12H10F3N3O2/c13-12(14,15)9-5-10(18-11(16)17-9)20-8-4-2-1-3-7(8)6-19/h1-5,19H,6H2,(H2,16,17,18). The molecule has 2 rings (SSSR count). The third-order valence-electron chi connectivity index (χ3n) is 2.37. The predicted octanol–water partition coefficient (Wildman–Crippen LogP) is 2.36. The summed E-state index contributed by atoms with van der Waals surface area (Å²) < 4.78 is 43.0. The number of rotatable bonds is 3. The van der Waals surface area contributed by atoms with Crippen LogP contribution in [0.15, 0.2) is 30.3 Å². The van der Waals surface area contributed by atoms with Crippen LogP contribution in [0, 0.1) is 0 Å². The average Bonchev–Trinajstić information content (AvgIpc) is 2.37. The smallest absolute Gasteiger partial charge is 0.433 e. The van der Waals surface area contributed by atoms with Gasteiger partial charge in [0.25, 0.3) is 0 Å². The minimum atomic E-state index is -4.65. The van der Waals surface area contributed by atoms with E-state index in [0.717, 1.165) is 0 Å². The molecule has 1 heterocycles. The van der Waals surface area contributed by atoms with Crippen LogP contribution >= 0.6 is 0 Å². The number of nitrogens with two attached hydrogens (primary N) is 1. The molecule has 1 aromatic carbocycles. The minimum Gasteiger partial charge on any atom is -0.438 e. The van der Waals surface area contributed by atoms with Gasteiger partial charge in [0.2, 0.25) is 11.8 Å². The first-order valence-electron chi connectivity index (χ1n) is 5.48. The van der Waals surface area contributed by atoms with Gasteiger partial charge in [0.15, 0.2) is 5.69 Å². The molecule has 1 aromatic heterocycles. The molecule has 0 saturated heterocycles. The number of ether oxygens (including phenoxy) is 1. The van der Waals surface area contributed by atoms with Crippen LogP contribution in [-0.4, -0.2) is 15.1 Å². The quantitative estimate of drug-likeness (QED) is 0.904. The summed E-state index contributed by atoms with van der Waals surface area (Å²) in [6.07, 6.45) is -4.65. The molecule has 3 N–H and O–H groups in total. The van der Waals surface area contributed by atoms with Gasteiger partial charge < -0.3 is 15.6 Å². The molecule has 0 spiro atoms. The topological polar surface area (TPSA) is 81.3 Å². The van der Waals surface area contributed by atoms with Gasteiger partial charge >= 0.3 is 6.18 Å². The fourth-order valence-corrected chi connectivity index (χ4v) is 1.49. The maximum absolute atomic E-state index is 12.6. The summed E-state index contributed by atoms with van der Waals surface area (Å²) in [6, 6.07) is 6.99. The number of hydrogen-bond donors (Lipinski definition) is 2. The molecule has 0 aliphatic carbocycles. The lowest BCUT2D eigenvalue weighted by atomic mass is 10.2. The fourth-order valence-electron chi connectivity index (χ4n) is 1.49. The number of aliphatic hydroxyl groups is 1. The zero-order valence-corrected chi connectivity index (χ0v) is 10.1. The first kappa shape index (κ1) is 14.1. The molecule has 0 atom stereocenters. The maximum atomic E-state index is 12.6. The van der Waals surface area contributed by atoms with E-state index < -0.39 is 17.8 Å². The normalized spacial score (nSPS) is 11.4. The molecule has 0 bridgehead atoms. The number of hydrogen-bond acceptors (Lipinski definition) is 5. The molecule has 0 amide bonds. The van der Waals surface area contributed by atoms with Crippen LogP contribution in [0.4, 0.5) is 19.1 Å². The number of anilines is 1. The Morgan fingerprint density at radius 1 is 1.20 bits per heavy atom. The Morgan fingerprint density at radius 3 is 2.55 bits per heavy atom. The number of para-hydroxylation sites is 1. The lowest BCUT2D eigenvalue weighted by Gasteiger charge is -2.11. The van der Waals surface area contributed by atoms with Crippen molar-refractivity contribution in [1.82, 2.24) is 9.97 Å². The Kier molecular flexibility index (Phi) is 3.75. The Balaban J connectivity index is 2.36. The Bertz CT molecular complexity index is 617. The van der Waals surface area contributed by atoms with E-state index in [1.807, 2.05) is 0 Å². The zero-order valence-electron chi connectivity index (χ0n) is 10.1. The molecule has 0 radical (unpaired) electrons. The molecule has 2 aromatic rings. The van der Waals surface area contributed by atoms with Gasteiger partial charge in [-0.15, -0.1) is 0 Å². The lowest BCUT2D eigenvalue weighted by molar-refractivity contribution is -0.141. The monoisotopic (exact) mass is 285 g/mol. The molecule has 8 heteroatoms. The van der Waals surface area contributed by atoms with Gasteiger partial charge in [-0.05, 0) is 6.07 Å². The highest BCUT2D eigenvalue weighted by Gasteiger charge is 2.33. The van der Waals surface area contributed by atoms with Crippen molar-refractivity contribution in [2.45, 2.75) is 12.8 Å². The number of alkyl halides is 3. The van der Waals surface area contributed by atoms with Gasteiger partial charge in [-0.2, -0.15) is 18.2 Å². The number of aromatic nitrogens is 2.